The van der Waals surface area contributed by atoms with Gasteiger partial charge in [-0.15, -0.1) is 0 Å². The van der Waals surface area contributed by atoms with E-state index in [0.29, 0.717) is 36.4 Å². The van der Waals surface area contributed by atoms with Crippen LogP contribution in [0.3, 0.4) is 0 Å². The van der Waals surface area contributed by atoms with E-state index in [1.807, 2.05) is 6.92 Å². The molecule has 5 rings (SSSR count). The third-order valence-corrected chi connectivity index (χ3v) is 8.20. The molecule has 17 heteroatoms. The van der Waals surface area contributed by atoms with Crippen LogP contribution < -0.4 is 15.0 Å². The number of anilines is 2. The Morgan fingerprint density at radius 2 is 1.67 bits per heavy atom. The van der Waals surface area contributed by atoms with Crippen molar-refractivity contribution in [1.29, 1.82) is 0 Å². The van der Waals surface area contributed by atoms with Crippen LogP contribution in [-0.2, 0) is 28.2 Å². The van der Waals surface area contributed by atoms with E-state index in [9.17, 15) is 35.9 Å². The van der Waals surface area contributed by atoms with Gasteiger partial charge in [0.1, 0.15) is 0 Å². The Labute approximate surface area is 277 Å². The summed E-state index contributed by atoms with van der Waals surface area (Å²) in [6, 6.07) is 3.53. The molecule has 0 radical (unpaired) electrons. The molecule has 1 saturated heterocycles. The number of halogens is 6. The zero-order chi connectivity index (χ0) is 35.5. The van der Waals surface area contributed by atoms with Gasteiger partial charge >= 0.3 is 18.4 Å². The topological polar surface area (TPSA) is 119 Å². The lowest BCUT2D eigenvalue weighted by molar-refractivity contribution is -0.143. The van der Waals surface area contributed by atoms with E-state index in [1.54, 1.807) is 19.1 Å². The van der Waals surface area contributed by atoms with Crippen molar-refractivity contribution in [3.8, 4) is 5.88 Å². The van der Waals surface area contributed by atoms with Crippen LogP contribution in [0.25, 0.3) is 0 Å². The largest absolute Gasteiger partial charge is 0.481 e. The van der Waals surface area contributed by atoms with Crippen molar-refractivity contribution < 1.29 is 50.1 Å². The molecule has 1 aromatic carbocycles. The van der Waals surface area contributed by atoms with Gasteiger partial charge in [0.25, 0.3) is 5.91 Å². The summed E-state index contributed by atoms with van der Waals surface area (Å²) in [6.07, 6.45) is -9.20. The predicted octanol–water partition coefficient (Wildman–Crippen LogP) is 6.28. The number of pyridine rings is 1. The fourth-order valence-electron chi connectivity index (χ4n) is 5.83. The highest BCUT2D eigenvalue weighted by Crippen LogP contribution is 2.41. The fourth-order valence-corrected chi connectivity index (χ4v) is 5.83. The lowest BCUT2D eigenvalue weighted by Crippen LogP contribution is -2.46. The van der Waals surface area contributed by atoms with Crippen LogP contribution in [0.5, 0.6) is 5.88 Å². The minimum absolute atomic E-state index is 0.0434. The van der Waals surface area contributed by atoms with E-state index in [4.69, 9.17) is 14.2 Å². The molecule has 2 aliphatic heterocycles. The third-order valence-electron chi connectivity index (χ3n) is 8.20. The lowest BCUT2D eigenvalue weighted by Gasteiger charge is -2.39. The number of benzene rings is 1. The molecular formula is C32H34F6N6O5. The maximum Gasteiger partial charge on any atom is 0.416 e. The van der Waals surface area contributed by atoms with Gasteiger partial charge in [0, 0.05) is 37.8 Å². The molecule has 4 heterocycles. The molecule has 0 aliphatic carbocycles. The first-order valence-electron chi connectivity index (χ1n) is 15.5. The van der Waals surface area contributed by atoms with Crippen LogP contribution in [-0.4, -0.2) is 77.9 Å². The average molecular weight is 697 g/mol. The maximum absolute atomic E-state index is 13.7. The van der Waals surface area contributed by atoms with Crippen molar-refractivity contribution in [1.82, 2.24) is 19.9 Å². The van der Waals surface area contributed by atoms with Crippen LogP contribution in [0.15, 0.2) is 36.5 Å². The van der Waals surface area contributed by atoms with Gasteiger partial charge in [0.2, 0.25) is 11.8 Å². The Hall–Kier alpha value is -4.67. The van der Waals surface area contributed by atoms with Crippen molar-refractivity contribution in [2.24, 2.45) is 0 Å². The lowest BCUT2D eigenvalue weighted by atomic mass is 9.93. The Balaban J connectivity index is 1.57. The van der Waals surface area contributed by atoms with Crippen LogP contribution in [0.2, 0.25) is 0 Å². The van der Waals surface area contributed by atoms with Gasteiger partial charge in [-0.25, -0.2) is 19.7 Å². The number of methoxy groups -OCH3 is 1. The number of alkyl halides is 6. The zero-order valence-electron chi connectivity index (χ0n) is 26.8. The van der Waals surface area contributed by atoms with Gasteiger partial charge in [-0.05, 0) is 49.6 Å². The van der Waals surface area contributed by atoms with E-state index >= 15 is 0 Å². The van der Waals surface area contributed by atoms with E-state index < -0.39 is 47.9 Å². The summed E-state index contributed by atoms with van der Waals surface area (Å²) >= 11 is 0. The van der Waals surface area contributed by atoms with Gasteiger partial charge < -0.3 is 24.4 Å². The number of rotatable bonds is 8. The number of ether oxygens (including phenoxy) is 3. The van der Waals surface area contributed by atoms with E-state index in [2.05, 4.69) is 20.3 Å². The Morgan fingerprint density at radius 3 is 2.27 bits per heavy atom. The van der Waals surface area contributed by atoms with Gasteiger partial charge in [-0.1, -0.05) is 6.92 Å². The molecular weight excluding hydrogens is 662 g/mol. The summed E-state index contributed by atoms with van der Waals surface area (Å²) in [6.45, 7) is 4.68. The molecule has 2 atom stereocenters. The van der Waals surface area contributed by atoms with E-state index in [-0.39, 0.29) is 73.7 Å². The van der Waals surface area contributed by atoms with Crippen molar-refractivity contribution in [2.45, 2.75) is 57.5 Å². The highest BCUT2D eigenvalue weighted by atomic mass is 19.4. The van der Waals surface area contributed by atoms with Gasteiger partial charge in [-0.3, -0.25) is 9.69 Å². The number of aromatic nitrogens is 3. The highest BCUT2D eigenvalue weighted by molar-refractivity contribution is 5.95. The van der Waals surface area contributed by atoms with Crippen LogP contribution >= 0.6 is 0 Å². The minimum Gasteiger partial charge on any atom is -0.481 e. The molecule has 1 N–H and O–H groups in total. The first-order chi connectivity index (χ1) is 23.2. The van der Waals surface area contributed by atoms with Crippen LogP contribution in [0, 0.1) is 0 Å². The molecule has 2 aromatic heterocycles. The monoisotopic (exact) mass is 696 g/mol. The maximum atomic E-state index is 13.7. The molecule has 3 aromatic rings. The summed E-state index contributed by atoms with van der Waals surface area (Å²) < 4.78 is 98.0. The summed E-state index contributed by atoms with van der Waals surface area (Å²) in [5.74, 6) is -0.350. The average Bonchev–Trinajstić information content (AvgIpc) is 3.07. The Kier molecular flexibility index (Phi) is 10.5. The molecule has 0 unspecified atom stereocenters. The summed E-state index contributed by atoms with van der Waals surface area (Å²) in [5.41, 5.74) is -2.66. The standard InChI is InChI=1S/C32H34F6N6O5/c1-4-21-16-24(27-25(6-7-26(42-27)47-3)44(21)30(46)49-5-2)41-29-39-17-22(28(45)43-8-10-48-11-9-43)23(40-29)14-18-12-19(31(33,34)35)15-20(13-18)32(36,37)38/h6-7,12-13,15,17,21,24H,4-5,8-11,14,16H2,1-3H3,(H,39,40,41)/t21-,24+/m1/s1. The molecule has 0 bridgehead atoms. The van der Waals surface area contributed by atoms with Gasteiger partial charge in [0.15, 0.2) is 0 Å². The number of amides is 2. The van der Waals surface area contributed by atoms with Crippen molar-refractivity contribution in [2.75, 3.05) is 50.2 Å². The van der Waals surface area contributed by atoms with Crippen molar-refractivity contribution in [3.05, 3.63) is 70.2 Å². The summed E-state index contributed by atoms with van der Waals surface area (Å²) in [5, 5.41) is 3.16. The quantitative estimate of drug-likeness (QED) is 0.272. The Bertz CT molecular complexity index is 1650. The Morgan fingerprint density at radius 1 is 1.00 bits per heavy atom. The third kappa shape index (κ3) is 7.98. The molecule has 11 nitrogen and oxygen atoms in total. The zero-order valence-corrected chi connectivity index (χ0v) is 26.8. The number of nitrogens with one attached hydrogen (secondary N) is 1. The van der Waals surface area contributed by atoms with E-state index in [0.717, 1.165) is 0 Å². The summed E-state index contributed by atoms with van der Waals surface area (Å²) in [4.78, 5) is 42.9. The second-order valence-corrected chi connectivity index (χ2v) is 11.4. The van der Waals surface area contributed by atoms with Gasteiger partial charge in [-0.2, -0.15) is 26.3 Å². The number of hydrogen-bond donors (Lipinski definition) is 1. The number of fused-ring (bicyclic) bond motifs is 1. The SMILES string of the molecule is CCOC(=O)N1c2ccc(OC)nc2[C@@H](Nc2ncc(C(=O)N3CCOCC3)c(Cc3cc(C(F)(F)F)cc(C(F)(F)F)c3)n2)C[C@H]1CC. The molecule has 0 saturated carbocycles. The second-order valence-electron chi connectivity index (χ2n) is 11.4. The molecule has 49 heavy (non-hydrogen) atoms. The molecule has 0 spiro atoms. The van der Waals surface area contributed by atoms with Crippen LogP contribution in [0.1, 0.15) is 71.2 Å². The molecule has 2 aliphatic rings. The highest BCUT2D eigenvalue weighted by Gasteiger charge is 2.39. The first kappa shape index (κ1) is 35.6. The normalized spacial score (nSPS) is 18.1. The number of carbonyl (C=O) groups is 2. The number of carbonyl (C=O) groups excluding carboxylic acids is 2. The van der Waals surface area contributed by atoms with E-state index in [1.165, 1.54) is 23.1 Å². The minimum atomic E-state index is -5.06. The second kappa shape index (κ2) is 14.4. The van der Waals surface area contributed by atoms with Crippen molar-refractivity contribution >= 4 is 23.6 Å². The summed E-state index contributed by atoms with van der Waals surface area (Å²) in [7, 11) is 1.43. The van der Waals surface area contributed by atoms with Crippen LogP contribution in [0.4, 0.5) is 42.8 Å². The smallest absolute Gasteiger partial charge is 0.416 e. The molecule has 1 fully saturated rings. The molecule has 2 amide bonds. The molecule has 264 valence electrons. The number of hydrogen-bond acceptors (Lipinski definition) is 9. The first-order valence-corrected chi connectivity index (χ1v) is 15.5. The fraction of sp³-hybridized carbons (Fsp3) is 0.469. The van der Waals surface area contributed by atoms with Gasteiger partial charge in [0.05, 0.1) is 66.7 Å². The van der Waals surface area contributed by atoms with Crippen molar-refractivity contribution in [3.63, 3.8) is 0 Å². The number of morpholine rings is 1. The predicted molar refractivity (Wildman–Crippen MR) is 163 cm³/mol. The number of nitrogens with zero attached hydrogens (tertiary/aromatic N) is 5.